The number of hydrogen-bond donors (Lipinski definition) is 2. The largest absolute Gasteiger partial charge is 0.322 e. The fourth-order valence-electron chi connectivity index (χ4n) is 4.79. The van der Waals surface area contributed by atoms with E-state index in [9.17, 15) is 4.79 Å². The summed E-state index contributed by atoms with van der Waals surface area (Å²) in [7, 11) is 0. The highest BCUT2D eigenvalue weighted by Gasteiger charge is 2.55. The molecule has 2 aromatic rings. The number of nitrogens with zero attached hydrogens (tertiary/aromatic N) is 2. The minimum Gasteiger partial charge on any atom is -0.322 e. The molecule has 2 atom stereocenters. The molecule has 1 aromatic carbocycles. The van der Waals surface area contributed by atoms with E-state index in [4.69, 9.17) is 0 Å². The van der Waals surface area contributed by atoms with Gasteiger partial charge < -0.3 is 5.32 Å². The normalized spacial score (nSPS) is 25.9. The first-order valence-electron chi connectivity index (χ1n) is 9.23. The number of aryl methyl sites for hydroxylation is 2. The van der Waals surface area contributed by atoms with Crippen LogP contribution < -0.4 is 5.32 Å². The summed E-state index contributed by atoms with van der Waals surface area (Å²) in [4.78, 5) is 15.1. The molecule has 5 nitrogen and oxygen atoms in total. The second kappa shape index (κ2) is 6.30. The predicted molar refractivity (Wildman–Crippen MR) is 98.3 cm³/mol. The average Bonchev–Trinajstić information content (AvgIpc) is 2.92. The van der Waals surface area contributed by atoms with Crippen LogP contribution in [0.3, 0.4) is 0 Å². The Kier molecular flexibility index (Phi) is 4.12. The topological polar surface area (TPSA) is 61.0 Å². The number of benzene rings is 1. The summed E-state index contributed by atoms with van der Waals surface area (Å²) in [5, 5.41) is 10.1. The van der Waals surface area contributed by atoms with Crippen molar-refractivity contribution in [2.24, 2.45) is 5.92 Å². The average molecular weight is 338 g/mol. The highest BCUT2D eigenvalue weighted by molar-refractivity contribution is 5.93. The molecule has 2 N–H and O–H groups in total. The van der Waals surface area contributed by atoms with Crippen LogP contribution >= 0.6 is 0 Å². The molecule has 1 amide bonds. The third-order valence-electron chi connectivity index (χ3n) is 6.04. The van der Waals surface area contributed by atoms with E-state index in [0.29, 0.717) is 12.5 Å². The Balaban J connectivity index is 1.53. The molecule has 0 radical (unpaired) electrons. The molecule has 132 valence electrons. The van der Waals surface area contributed by atoms with Gasteiger partial charge in [0.2, 0.25) is 5.91 Å². The lowest BCUT2D eigenvalue weighted by Gasteiger charge is -2.61. The summed E-state index contributed by atoms with van der Waals surface area (Å²) in [6, 6.07) is 10.8. The first kappa shape index (κ1) is 16.3. The number of H-pyrrole nitrogens is 1. The SMILES string of the molecule is Cc1n[nH]c(C)c1NC(=O)CN1C[C@H]2CCCC[C@@]21c1ccccc1. The van der Waals surface area contributed by atoms with E-state index in [2.05, 4.69) is 50.7 Å². The van der Waals surface area contributed by atoms with Gasteiger partial charge in [0.25, 0.3) is 0 Å². The lowest BCUT2D eigenvalue weighted by molar-refractivity contribution is -0.138. The maximum atomic E-state index is 12.7. The number of carbonyl (C=O) groups is 1. The van der Waals surface area contributed by atoms with Gasteiger partial charge in [0.1, 0.15) is 0 Å². The maximum Gasteiger partial charge on any atom is 0.238 e. The van der Waals surface area contributed by atoms with Crippen LogP contribution in [0.4, 0.5) is 5.69 Å². The highest BCUT2D eigenvalue weighted by Crippen LogP contribution is 2.53. The molecule has 1 aliphatic heterocycles. The van der Waals surface area contributed by atoms with E-state index < -0.39 is 0 Å². The van der Waals surface area contributed by atoms with Gasteiger partial charge in [0, 0.05) is 6.54 Å². The van der Waals surface area contributed by atoms with Crippen molar-refractivity contribution in [1.29, 1.82) is 0 Å². The quantitative estimate of drug-likeness (QED) is 0.898. The number of nitrogens with one attached hydrogen (secondary N) is 2. The van der Waals surface area contributed by atoms with Crippen LogP contribution in [0.25, 0.3) is 0 Å². The second-order valence-electron chi connectivity index (χ2n) is 7.47. The first-order chi connectivity index (χ1) is 12.1. The zero-order valence-electron chi connectivity index (χ0n) is 15.0. The standard InChI is InChI=1S/C20H26N4O/c1-14-19(15(2)23-22-14)21-18(25)13-24-12-17-10-6-7-11-20(17,24)16-8-4-3-5-9-16/h3-5,8-9,17H,6-7,10-13H2,1-2H3,(H,21,25)(H,22,23)/t17-,20-/m1/s1. The summed E-state index contributed by atoms with van der Waals surface area (Å²) < 4.78 is 0. The fourth-order valence-corrected chi connectivity index (χ4v) is 4.79. The maximum absolute atomic E-state index is 12.7. The van der Waals surface area contributed by atoms with Crippen LogP contribution in [0.1, 0.15) is 42.6 Å². The molecule has 1 saturated carbocycles. The Morgan fingerprint density at radius 3 is 2.80 bits per heavy atom. The van der Waals surface area contributed by atoms with Crippen molar-refractivity contribution in [2.45, 2.75) is 45.1 Å². The van der Waals surface area contributed by atoms with Gasteiger partial charge in [0.05, 0.1) is 29.2 Å². The number of anilines is 1. The number of hydrogen-bond acceptors (Lipinski definition) is 3. The molecule has 0 bridgehead atoms. The summed E-state index contributed by atoms with van der Waals surface area (Å²) in [5.41, 5.74) is 3.98. The molecule has 1 aromatic heterocycles. The van der Waals surface area contributed by atoms with Crippen molar-refractivity contribution in [3.63, 3.8) is 0 Å². The van der Waals surface area contributed by atoms with E-state index in [0.717, 1.165) is 30.0 Å². The molecule has 2 aliphatic rings. The fraction of sp³-hybridized carbons (Fsp3) is 0.500. The lowest BCUT2D eigenvalue weighted by atomic mass is 9.62. The van der Waals surface area contributed by atoms with E-state index in [1.165, 1.54) is 24.8 Å². The third-order valence-corrected chi connectivity index (χ3v) is 6.04. The number of rotatable bonds is 4. The zero-order valence-corrected chi connectivity index (χ0v) is 15.0. The van der Waals surface area contributed by atoms with Gasteiger partial charge in [-0.15, -0.1) is 0 Å². The summed E-state index contributed by atoms with van der Waals surface area (Å²) in [6.07, 6.45) is 4.97. The van der Waals surface area contributed by atoms with Crippen molar-refractivity contribution < 1.29 is 4.79 Å². The van der Waals surface area contributed by atoms with Crippen LogP contribution in [0, 0.1) is 19.8 Å². The van der Waals surface area contributed by atoms with Crippen molar-refractivity contribution >= 4 is 11.6 Å². The van der Waals surface area contributed by atoms with Crippen LogP contribution in [-0.2, 0) is 10.3 Å². The highest BCUT2D eigenvalue weighted by atomic mass is 16.2. The number of aromatic amines is 1. The minimum absolute atomic E-state index is 0.0481. The van der Waals surface area contributed by atoms with Crippen LogP contribution in [-0.4, -0.2) is 34.1 Å². The van der Waals surface area contributed by atoms with Crippen LogP contribution in [0.5, 0.6) is 0 Å². The lowest BCUT2D eigenvalue weighted by Crippen LogP contribution is -2.67. The number of amides is 1. The van der Waals surface area contributed by atoms with Gasteiger partial charge >= 0.3 is 0 Å². The molecule has 0 spiro atoms. The smallest absolute Gasteiger partial charge is 0.238 e. The first-order valence-corrected chi connectivity index (χ1v) is 9.23. The molecule has 1 saturated heterocycles. The Labute approximate surface area is 148 Å². The van der Waals surface area contributed by atoms with Gasteiger partial charge in [0.15, 0.2) is 0 Å². The minimum atomic E-state index is 0.0481. The predicted octanol–water partition coefficient (Wildman–Crippen LogP) is 3.37. The van der Waals surface area contributed by atoms with Crippen LogP contribution in [0.2, 0.25) is 0 Å². The van der Waals surface area contributed by atoms with E-state index >= 15 is 0 Å². The number of carbonyl (C=O) groups excluding carboxylic acids is 1. The second-order valence-corrected chi connectivity index (χ2v) is 7.47. The van der Waals surface area contributed by atoms with E-state index in [-0.39, 0.29) is 11.4 Å². The summed E-state index contributed by atoms with van der Waals surface area (Å²) in [6.45, 7) is 5.30. The molecule has 2 fully saturated rings. The molecule has 5 heteroatoms. The molecule has 0 unspecified atom stereocenters. The summed E-state index contributed by atoms with van der Waals surface area (Å²) in [5.74, 6) is 0.723. The molecular formula is C20H26N4O. The van der Waals surface area contributed by atoms with Gasteiger partial charge in [-0.05, 0) is 38.2 Å². The van der Waals surface area contributed by atoms with E-state index in [1.54, 1.807) is 0 Å². The van der Waals surface area contributed by atoms with Crippen molar-refractivity contribution in [3.8, 4) is 0 Å². The molecule has 2 heterocycles. The molecule has 1 aliphatic carbocycles. The van der Waals surface area contributed by atoms with Gasteiger partial charge in [-0.2, -0.15) is 5.10 Å². The molecular weight excluding hydrogens is 312 g/mol. The number of likely N-dealkylation sites (tertiary alicyclic amines) is 1. The van der Waals surface area contributed by atoms with Gasteiger partial charge in [-0.1, -0.05) is 43.2 Å². The van der Waals surface area contributed by atoms with Gasteiger partial charge in [-0.25, -0.2) is 0 Å². The molecule has 4 rings (SSSR count). The number of fused-ring (bicyclic) bond motifs is 1. The van der Waals surface area contributed by atoms with Crippen molar-refractivity contribution in [3.05, 3.63) is 47.3 Å². The zero-order chi connectivity index (χ0) is 17.4. The van der Waals surface area contributed by atoms with Crippen molar-refractivity contribution in [1.82, 2.24) is 15.1 Å². The Bertz CT molecular complexity index is 750. The molecule has 25 heavy (non-hydrogen) atoms. The Morgan fingerprint density at radius 1 is 1.32 bits per heavy atom. The van der Waals surface area contributed by atoms with E-state index in [1.807, 2.05) is 13.8 Å². The summed E-state index contributed by atoms with van der Waals surface area (Å²) >= 11 is 0. The van der Waals surface area contributed by atoms with Crippen LogP contribution in [0.15, 0.2) is 30.3 Å². The number of aromatic nitrogens is 2. The Morgan fingerprint density at radius 2 is 2.12 bits per heavy atom. The Hall–Kier alpha value is -2.14. The van der Waals surface area contributed by atoms with Crippen molar-refractivity contribution in [2.75, 3.05) is 18.4 Å². The van der Waals surface area contributed by atoms with Gasteiger partial charge in [-0.3, -0.25) is 14.8 Å². The third kappa shape index (κ3) is 2.67. The monoisotopic (exact) mass is 338 g/mol.